The van der Waals surface area contributed by atoms with Crippen molar-refractivity contribution in [2.24, 2.45) is 0 Å². The molecule has 10 heteroatoms. The van der Waals surface area contributed by atoms with Gasteiger partial charge in [0.1, 0.15) is 13.2 Å². The maximum absolute atomic E-state index is 12.7. The number of aromatic nitrogens is 2. The lowest BCUT2D eigenvalue weighted by Gasteiger charge is -2.21. The molecular weight excluding hydrogens is 424 g/mol. The third-order valence-electron chi connectivity index (χ3n) is 4.16. The molecule has 1 aliphatic heterocycles. The molecule has 3 aromatic rings. The van der Waals surface area contributed by atoms with E-state index in [0.29, 0.717) is 52.5 Å². The first-order valence-electron chi connectivity index (χ1n) is 8.90. The van der Waals surface area contributed by atoms with Gasteiger partial charge < -0.3 is 14.2 Å². The number of fused-ring (bicyclic) bond motifs is 1. The third kappa shape index (κ3) is 4.48. The number of benzene rings is 2. The molecule has 152 valence electrons. The van der Waals surface area contributed by atoms with Crippen molar-refractivity contribution >= 4 is 34.1 Å². The summed E-state index contributed by atoms with van der Waals surface area (Å²) < 4.78 is 17.2. The lowest BCUT2D eigenvalue weighted by atomic mass is 10.1. The van der Waals surface area contributed by atoms with E-state index < -0.39 is 0 Å². The van der Waals surface area contributed by atoms with E-state index in [9.17, 15) is 4.79 Å². The van der Waals surface area contributed by atoms with Gasteiger partial charge in [-0.25, -0.2) is 0 Å². The van der Waals surface area contributed by atoms with Crippen LogP contribution in [0.5, 0.6) is 17.2 Å². The number of nitriles is 1. The average Bonchev–Trinajstić information content (AvgIpc) is 3.24. The Kier molecular flexibility index (Phi) is 6.02. The van der Waals surface area contributed by atoms with Gasteiger partial charge in [0.15, 0.2) is 15.8 Å². The molecule has 0 fully saturated rings. The molecule has 0 atom stereocenters. The second-order valence-corrected chi connectivity index (χ2v) is 8.33. The average molecular weight is 441 g/mol. The minimum absolute atomic E-state index is 0.343. The topological polar surface area (TPSA) is 106 Å². The van der Waals surface area contributed by atoms with Gasteiger partial charge in [-0.2, -0.15) is 5.26 Å². The summed E-state index contributed by atoms with van der Waals surface area (Å²) in [6.45, 7) is 0.847. The lowest BCUT2D eigenvalue weighted by Crippen LogP contribution is -2.18. The van der Waals surface area contributed by atoms with Crippen molar-refractivity contribution in [2.45, 2.75) is 10.1 Å². The van der Waals surface area contributed by atoms with Crippen LogP contribution < -0.4 is 19.5 Å². The Labute approximate surface area is 180 Å². The summed E-state index contributed by atoms with van der Waals surface area (Å²) in [6, 6.07) is 12.7. The van der Waals surface area contributed by atoms with Crippen molar-refractivity contribution in [3.8, 4) is 23.3 Å². The van der Waals surface area contributed by atoms with Crippen LogP contribution in [0.1, 0.15) is 21.5 Å². The monoisotopic (exact) mass is 440 g/mol. The molecule has 0 saturated heterocycles. The van der Waals surface area contributed by atoms with Crippen molar-refractivity contribution in [2.75, 3.05) is 25.6 Å². The minimum atomic E-state index is -0.343. The fourth-order valence-corrected chi connectivity index (χ4v) is 4.42. The number of anilines is 1. The standard InChI is InChI=1S/C20H16N4O4S2/c1-26-15-8-14(9-16-17(15)28-7-6-27-16)18(25)22-19-23-24-20(30-19)29-11-13-4-2-12(10-21)3-5-13/h2-5,8-9H,6-7,11H2,1H3,(H,22,23,25). The van der Waals surface area contributed by atoms with Crippen molar-refractivity contribution in [1.29, 1.82) is 5.26 Å². The third-order valence-corrected chi connectivity index (χ3v) is 6.21. The molecule has 0 radical (unpaired) electrons. The second kappa shape index (κ2) is 9.02. The van der Waals surface area contributed by atoms with Crippen molar-refractivity contribution < 1.29 is 19.0 Å². The summed E-state index contributed by atoms with van der Waals surface area (Å²) in [5, 5.41) is 20.2. The maximum Gasteiger partial charge on any atom is 0.257 e. The summed E-state index contributed by atoms with van der Waals surface area (Å²) in [7, 11) is 1.51. The second-order valence-electron chi connectivity index (χ2n) is 6.13. The fraction of sp³-hybridized carbons (Fsp3) is 0.200. The molecule has 8 nitrogen and oxygen atoms in total. The molecular formula is C20H16N4O4S2. The van der Waals surface area contributed by atoms with E-state index in [4.69, 9.17) is 19.5 Å². The summed E-state index contributed by atoms with van der Waals surface area (Å²) in [6.07, 6.45) is 0. The van der Waals surface area contributed by atoms with Gasteiger partial charge in [-0.15, -0.1) is 10.2 Å². The summed E-state index contributed by atoms with van der Waals surface area (Å²) in [4.78, 5) is 12.7. The Balaban J connectivity index is 1.41. The number of thioether (sulfide) groups is 1. The van der Waals surface area contributed by atoms with Crippen LogP contribution >= 0.6 is 23.1 Å². The molecule has 2 heterocycles. The predicted octanol–water partition coefficient (Wildman–Crippen LogP) is 3.73. The number of hydrogen-bond acceptors (Lipinski definition) is 9. The van der Waals surface area contributed by atoms with Gasteiger partial charge >= 0.3 is 0 Å². The highest BCUT2D eigenvalue weighted by atomic mass is 32.2. The lowest BCUT2D eigenvalue weighted by molar-refractivity contribution is 0.102. The molecule has 1 aliphatic rings. The molecule has 2 aromatic carbocycles. The number of carbonyl (C=O) groups is 1. The highest BCUT2D eigenvalue weighted by Gasteiger charge is 2.21. The number of hydrogen-bond donors (Lipinski definition) is 1. The Hall–Kier alpha value is -3.29. The molecule has 1 aromatic heterocycles. The van der Waals surface area contributed by atoms with Gasteiger partial charge in [-0.05, 0) is 29.8 Å². The molecule has 0 saturated carbocycles. The summed E-state index contributed by atoms with van der Waals surface area (Å²) >= 11 is 2.80. The molecule has 0 bridgehead atoms. The number of rotatable bonds is 6. The smallest absolute Gasteiger partial charge is 0.257 e. The van der Waals surface area contributed by atoms with Gasteiger partial charge in [-0.1, -0.05) is 35.2 Å². The first-order valence-corrected chi connectivity index (χ1v) is 10.7. The Morgan fingerprint density at radius 2 is 2.07 bits per heavy atom. The van der Waals surface area contributed by atoms with Gasteiger partial charge in [0.2, 0.25) is 10.9 Å². The molecule has 30 heavy (non-hydrogen) atoms. The Bertz CT molecular complexity index is 1090. The van der Waals surface area contributed by atoms with Crippen LogP contribution in [0.3, 0.4) is 0 Å². The van der Waals surface area contributed by atoms with Crippen molar-refractivity contribution in [1.82, 2.24) is 10.2 Å². The first-order chi connectivity index (χ1) is 14.7. The van der Waals surface area contributed by atoms with Crippen LogP contribution in [-0.4, -0.2) is 36.4 Å². The minimum Gasteiger partial charge on any atom is -0.493 e. The van der Waals surface area contributed by atoms with Crippen LogP contribution in [0.15, 0.2) is 40.7 Å². The number of methoxy groups -OCH3 is 1. The molecule has 1 amide bonds. The van der Waals surface area contributed by atoms with Crippen LogP contribution in [0.25, 0.3) is 0 Å². The number of carbonyl (C=O) groups excluding carboxylic acids is 1. The number of amides is 1. The molecule has 4 rings (SSSR count). The van der Waals surface area contributed by atoms with Gasteiger partial charge in [-0.3, -0.25) is 10.1 Å². The SMILES string of the molecule is COc1cc(C(=O)Nc2nnc(SCc3ccc(C#N)cc3)s2)cc2c1OCCO2. The van der Waals surface area contributed by atoms with E-state index >= 15 is 0 Å². The van der Waals surface area contributed by atoms with Crippen molar-refractivity contribution in [3.05, 3.63) is 53.1 Å². The maximum atomic E-state index is 12.7. The van der Waals surface area contributed by atoms with E-state index in [2.05, 4.69) is 21.6 Å². The van der Waals surface area contributed by atoms with E-state index in [0.717, 1.165) is 9.90 Å². The van der Waals surface area contributed by atoms with Crippen LogP contribution in [0, 0.1) is 11.3 Å². The molecule has 0 unspecified atom stereocenters. The largest absolute Gasteiger partial charge is 0.493 e. The Morgan fingerprint density at radius 3 is 2.83 bits per heavy atom. The Morgan fingerprint density at radius 1 is 1.27 bits per heavy atom. The van der Waals surface area contributed by atoms with E-state index in [1.807, 2.05) is 12.1 Å². The van der Waals surface area contributed by atoms with Crippen molar-refractivity contribution in [3.63, 3.8) is 0 Å². The fourth-order valence-electron chi connectivity index (χ4n) is 2.71. The zero-order valence-corrected chi connectivity index (χ0v) is 17.5. The molecule has 1 N–H and O–H groups in total. The van der Waals surface area contributed by atoms with Gasteiger partial charge in [0.05, 0.1) is 18.7 Å². The van der Waals surface area contributed by atoms with Gasteiger partial charge in [0, 0.05) is 11.3 Å². The molecule has 0 aliphatic carbocycles. The van der Waals surface area contributed by atoms with Crippen LogP contribution in [0.2, 0.25) is 0 Å². The quantitative estimate of drug-likeness (QED) is 0.456. The van der Waals surface area contributed by atoms with E-state index in [1.54, 1.807) is 24.3 Å². The predicted molar refractivity (Wildman–Crippen MR) is 113 cm³/mol. The highest BCUT2D eigenvalue weighted by molar-refractivity contribution is 8.00. The normalized spacial score (nSPS) is 12.1. The summed E-state index contributed by atoms with van der Waals surface area (Å²) in [5.74, 6) is 1.76. The van der Waals surface area contributed by atoms with Gasteiger partial charge in [0.25, 0.3) is 5.91 Å². The first kappa shape index (κ1) is 20.0. The van der Waals surface area contributed by atoms with Crippen LogP contribution in [-0.2, 0) is 5.75 Å². The zero-order valence-electron chi connectivity index (χ0n) is 15.9. The molecule has 0 spiro atoms. The zero-order chi connectivity index (χ0) is 20.9. The van der Waals surface area contributed by atoms with E-state index in [-0.39, 0.29) is 5.91 Å². The van der Waals surface area contributed by atoms with E-state index in [1.165, 1.54) is 30.2 Å². The highest BCUT2D eigenvalue weighted by Crippen LogP contribution is 2.40. The van der Waals surface area contributed by atoms with Crippen LogP contribution in [0.4, 0.5) is 5.13 Å². The number of ether oxygens (including phenoxy) is 3. The summed E-state index contributed by atoms with van der Waals surface area (Å²) in [5.41, 5.74) is 2.07. The number of nitrogens with one attached hydrogen (secondary N) is 1. The number of nitrogens with zero attached hydrogens (tertiary/aromatic N) is 3.